The number of piperidine rings is 1. The third-order valence-corrected chi connectivity index (χ3v) is 4.35. The fourth-order valence-corrected chi connectivity index (χ4v) is 2.91. The number of carbonyl (C=O) groups is 1. The molecule has 0 bridgehead atoms. The maximum atomic E-state index is 12.4. The molecule has 1 aromatic carbocycles. The van der Waals surface area contributed by atoms with Crippen molar-refractivity contribution in [2.24, 2.45) is 5.92 Å². The van der Waals surface area contributed by atoms with E-state index in [0.29, 0.717) is 0 Å². The largest absolute Gasteiger partial charge is 0.349 e. The van der Waals surface area contributed by atoms with Crippen molar-refractivity contribution < 1.29 is 4.79 Å². The summed E-state index contributed by atoms with van der Waals surface area (Å²) in [5.74, 6) is 0.394. The van der Waals surface area contributed by atoms with E-state index in [0.717, 1.165) is 25.9 Å². The summed E-state index contributed by atoms with van der Waals surface area (Å²) in [5, 5.41) is 3.19. The zero-order valence-corrected chi connectivity index (χ0v) is 13.1. The fourth-order valence-electron chi connectivity index (χ4n) is 2.91. The second-order valence-electron chi connectivity index (χ2n) is 6.17. The highest BCUT2D eigenvalue weighted by Gasteiger charge is 2.24. The molecule has 3 heteroatoms. The van der Waals surface area contributed by atoms with Crippen LogP contribution in [0.1, 0.15) is 42.5 Å². The van der Waals surface area contributed by atoms with E-state index in [1.807, 2.05) is 0 Å². The molecule has 1 aliphatic heterocycles. The van der Waals surface area contributed by atoms with Gasteiger partial charge in [0.15, 0.2) is 0 Å². The molecule has 0 aliphatic carbocycles. The zero-order valence-electron chi connectivity index (χ0n) is 13.1. The zero-order chi connectivity index (χ0) is 14.7. The average Bonchev–Trinajstić information content (AvgIpc) is 2.42. The van der Waals surface area contributed by atoms with Gasteiger partial charge in [0.05, 0.1) is 6.04 Å². The second kappa shape index (κ2) is 6.40. The lowest BCUT2D eigenvalue weighted by atomic mass is 9.94. The van der Waals surface area contributed by atoms with E-state index in [1.54, 1.807) is 0 Å². The standard InChI is InChI=1S/C17H26N2O/c1-12-5-6-13(2)16(11-12)14(3)18-17(20)15-7-9-19(4)10-8-15/h5-6,11,14-15H,7-10H2,1-4H3,(H,18,20). The summed E-state index contributed by atoms with van der Waals surface area (Å²) >= 11 is 0. The Labute approximate surface area is 122 Å². The maximum absolute atomic E-state index is 12.4. The smallest absolute Gasteiger partial charge is 0.223 e. The molecule has 1 atom stereocenters. The Bertz CT molecular complexity index is 476. The Hall–Kier alpha value is -1.35. The minimum atomic E-state index is 0.0852. The van der Waals surface area contributed by atoms with E-state index in [9.17, 15) is 4.79 Å². The van der Waals surface area contributed by atoms with Crippen molar-refractivity contribution in [1.29, 1.82) is 0 Å². The lowest BCUT2D eigenvalue weighted by Crippen LogP contribution is -2.39. The Kier molecular flexibility index (Phi) is 4.81. The van der Waals surface area contributed by atoms with Crippen LogP contribution in [-0.2, 0) is 4.79 Å². The van der Waals surface area contributed by atoms with Gasteiger partial charge in [0.2, 0.25) is 5.91 Å². The van der Waals surface area contributed by atoms with Crippen molar-refractivity contribution in [3.05, 3.63) is 34.9 Å². The molecule has 1 amide bonds. The van der Waals surface area contributed by atoms with Crippen LogP contribution in [-0.4, -0.2) is 30.9 Å². The molecule has 0 saturated carbocycles. The van der Waals surface area contributed by atoms with Crippen molar-refractivity contribution in [2.75, 3.05) is 20.1 Å². The van der Waals surface area contributed by atoms with Gasteiger partial charge in [0.25, 0.3) is 0 Å². The number of rotatable bonds is 3. The van der Waals surface area contributed by atoms with E-state index in [1.165, 1.54) is 16.7 Å². The van der Waals surface area contributed by atoms with Crippen LogP contribution < -0.4 is 5.32 Å². The second-order valence-corrected chi connectivity index (χ2v) is 6.17. The lowest BCUT2D eigenvalue weighted by Gasteiger charge is -2.29. The molecular weight excluding hydrogens is 248 g/mol. The van der Waals surface area contributed by atoms with Gasteiger partial charge in [0, 0.05) is 5.92 Å². The van der Waals surface area contributed by atoms with E-state index < -0.39 is 0 Å². The third-order valence-electron chi connectivity index (χ3n) is 4.35. The lowest BCUT2D eigenvalue weighted by molar-refractivity contribution is -0.127. The molecule has 0 radical (unpaired) electrons. The Balaban J connectivity index is 1.98. The Morgan fingerprint density at radius 1 is 1.30 bits per heavy atom. The maximum Gasteiger partial charge on any atom is 0.223 e. The molecule has 20 heavy (non-hydrogen) atoms. The van der Waals surface area contributed by atoms with Crippen molar-refractivity contribution in [3.63, 3.8) is 0 Å². The third kappa shape index (κ3) is 3.60. The van der Waals surface area contributed by atoms with E-state index in [4.69, 9.17) is 0 Å². The number of hydrogen-bond donors (Lipinski definition) is 1. The first-order valence-corrected chi connectivity index (χ1v) is 7.53. The molecule has 1 N–H and O–H groups in total. The monoisotopic (exact) mass is 274 g/mol. The first kappa shape index (κ1) is 15.0. The van der Waals surface area contributed by atoms with Gasteiger partial charge < -0.3 is 10.2 Å². The van der Waals surface area contributed by atoms with Crippen LogP contribution in [0.3, 0.4) is 0 Å². The van der Waals surface area contributed by atoms with Crippen LogP contribution in [0.15, 0.2) is 18.2 Å². The fraction of sp³-hybridized carbons (Fsp3) is 0.588. The number of nitrogens with one attached hydrogen (secondary N) is 1. The normalized spacial score (nSPS) is 18.8. The van der Waals surface area contributed by atoms with E-state index >= 15 is 0 Å². The minimum absolute atomic E-state index is 0.0852. The minimum Gasteiger partial charge on any atom is -0.349 e. The number of nitrogens with zero attached hydrogens (tertiary/aromatic N) is 1. The first-order chi connectivity index (χ1) is 9.47. The van der Waals surface area contributed by atoms with Gasteiger partial charge in [-0.05, 0) is 64.9 Å². The predicted molar refractivity (Wildman–Crippen MR) is 82.7 cm³/mol. The van der Waals surface area contributed by atoms with Crippen molar-refractivity contribution in [2.45, 2.75) is 39.7 Å². The highest BCUT2D eigenvalue weighted by molar-refractivity contribution is 5.79. The molecular formula is C17H26N2O. The molecule has 1 fully saturated rings. The summed E-state index contributed by atoms with van der Waals surface area (Å²) in [6.07, 6.45) is 1.95. The van der Waals surface area contributed by atoms with Crippen molar-refractivity contribution >= 4 is 5.91 Å². The molecule has 3 nitrogen and oxygen atoms in total. The molecule has 2 rings (SSSR count). The van der Waals surface area contributed by atoms with Crippen LogP contribution in [0.4, 0.5) is 0 Å². The van der Waals surface area contributed by atoms with Crippen LogP contribution >= 0.6 is 0 Å². The molecule has 0 aromatic heterocycles. The number of amides is 1. The van der Waals surface area contributed by atoms with Crippen LogP contribution in [0, 0.1) is 19.8 Å². The molecule has 1 unspecified atom stereocenters. The van der Waals surface area contributed by atoms with Gasteiger partial charge in [-0.15, -0.1) is 0 Å². The molecule has 1 heterocycles. The summed E-state index contributed by atoms with van der Waals surface area (Å²) in [4.78, 5) is 14.6. The van der Waals surface area contributed by atoms with Crippen LogP contribution in [0.5, 0.6) is 0 Å². The van der Waals surface area contributed by atoms with Crippen LogP contribution in [0.2, 0.25) is 0 Å². The van der Waals surface area contributed by atoms with Crippen molar-refractivity contribution in [3.8, 4) is 0 Å². The quantitative estimate of drug-likeness (QED) is 0.919. The number of aryl methyl sites for hydroxylation is 2. The first-order valence-electron chi connectivity index (χ1n) is 7.53. The highest BCUT2D eigenvalue weighted by atomic mass is 16.1. The van der Waals surface area contributed by atoms with Crippen LogP contribution in [0.25, 0.3) is 0 Å². The molecule has 1 aromatic rings. The van der Waals surface area contributed by atoms with E-state index in [-0.39, 0.29) is 17.9 Å². The van der Waals surface area contributed by atoms with Gasteiger partial charge in [0.1, 0.15) is 0 Å². The summed E-state index contributed by atoms with van der Waals surface area (Å²) in [5.41, 5.74) is 3.71. The summed E-state index contributed by atoms with van der Waals surface area (Å²) in [6, 6.07) is 6.50. The summed E-state index contributed by atoms with van der Waals surface area (Å²) < 4.78 is 0. The number of carbonyl (C=O) groups excluding carboxylic acids is 1. The van der Waals surface area contributed by atoms with Crippen molar-refractivity contribution in [1.82, 2.24) is 10.2 Å². The molecule has 0 spiro atoms. The molecule has 1 saturated heterocycles. The molecule has 1 aliphatic rings. The van der Waals surface area contributed by atoms with Gasteiger partial charge in [-0.3, -0.25) is 4.79 Å². The number of benzene rings is 1. The Morgan fingerprint density at radius 3 is 2.60 bits per heavy atom. The molecule has 110 valence electrons. The SMILES string of the molecule is Cc1ccc(C)c(C(C)NC(=O)C2CCN(C)CC2)c1. The number of hydrogen-bond acceptors (Lipinski definition) is 2. The van der Waals surface area contributed by atoms with Gasteiger partial charge in [-0.2, -0.15) is 0 Å². The summed E-state index contributed by atoms with van der Waals surface area (Å²) in [6.45, 7) is 8.32. The summed E-state index contributed by atoms with van der Waals surface area (Å²) in [7, 11) is 2.12. The topological polar surface area (TPSA) is 32.3 Å². The van der Waals surface area contributed by atoms with Gasteiger partial charge in [-0.1, -0.05) is 23.8 Å². The highest BCUT2D eigenvalue weighted by Crippen LogP contribution is 2.21. The van der Waals surface area contributed by atoms with E-state index in [2.05, 4.69) is 56.2 Å². The number of likely N-dealkylation sites (tertiary alicyclic amines) is 1. The Morgan fingerprint density at radius 2 is 1.95 bits per heavy atom. The average molecular weight is 274 g/mol. The predicted octanol–water partition coefficient (Wildman–Crippen LogP) is 2.82. The van der Waals surface area contributed by atoms with Gasteiger partial charge >= 0.3 is 0 Å². The van der Waals surface area contributed by atoms with Gasteiger partial charge in [-0.25, -0.2) is 0 Å².